The number of nitrogens with zero attached hydrogens (tertiary/aromatic N) is 1. The van der Waals surface area contributed by atoms with Gasteiger partial charge in [-0.2, -0.15) is 0 Å². The van der Waals surface area contributed by atoms with Crippen LogP contribution >= 0.6 is 11.9 Å². The highest BCUT2D eigenvalue weighted by Crippen LogP contribution is 2.17. The van der Waals surface area contributed by atoms with Crippen molar-refractivity contribution in [2.75, 3.05) is 0 Å². The second-order valence-electron chi connectivity index (χ2n) is 3.19. The van der Waals surface area contributed by atoms with Crippen LogP contribution in [0.2, 0.25) is 0 Å². The average molecular weight is 231 g/mol. The number of halogens is 1. The van der Waals surface area contributed by atoms with Crippen molar-refractivity contribution in [2.45, 2.75) is 4.90 Å². The summed E-state index contributed by atoms with van der Waals surface area (Å²) in [6.07, 6.45) is 1.72. The fourth-order valence-electron chi connectivity index (χ4n) is 1.18. The first kappa shape index (κ1) is 10.9. The minimum absolute atomic E-state index is 0.229. The SMILES string of the molecule is Fc1ccc(/C=N/Sc2ccccc2)cc1. The molecular formula is C13H10FNS. The molecule has 0 N–H and O–H groups in total. The van der Waals surface area contributed by atoms with Crippen LogP contribution in [0.4, 0.5) is 4.39 Å². The van der Waals surface area contributed by atoms with Gasteiger partial charge in [0.2, 0.25) is 0 Å². The summed E-state index contributed by atoms with van der Waals surface area (Å²) < 4.78 is 16.8. The summed E-state index contributed by atoms with van der Waals surface area (Å²) in [4.78, 5) is 1.08. The number of benzene rings is 2. The van der Waals surface area contributed by atoms with E-state index in [9.17, 15) is 4.39 Å². The predicted molar refractivity (Wildman–Crippen MR) is 66.3 cm³/mol. The molecule has 0 aliphatic carbocycles. The molecule has 0 fully saturated rings. The van der Waals surface area contributed by atoms with Crippen LogP contribution in [0.5, 0.6) is 0 Å². The molecular weight excluding hydrogens is 221 g/mol. The lowest BCUT2D eigenvalue weighted by molar-refractivity contribution is 0.628. The third-order valence-electron chi connectivity index (χ3n) is 1.97. The Labute approximate surface area is 98.2 Å². The van der Waals surface area contributed by atoms with Gasteiger partial charge < -0.3 is 0 Å². The molecule has 0 heterocycles. The minimum Gasteiger partial charge on any atom is -0.219 e. The second kappa shape index (κ2) is 5.47. The zero-order valence-corrected chi connectivity index (χ0v) is 9.32. The van der Waals surface area contributed by atoms with Gasteiger partial charge in [0.15, 0.2) is 0 Å². The zero-order valence-electron chi connectivity index (χ0n) is 8.51. The van der Waals surface area contributed by atoms with Gasteiger partial charge >= 0.3 is 0 Å². The van der Waals surface area contributed by atoms with E-state index in [0.29, 0.717) is 0 Å². The normalized spacial score (nSPS) is 10.8. The predicted octanol–water partition coefficient (Wildman–Crippen LogP) is 3.95. The summed E-state index contributed by atoms with van der Waals surface area (Å²) in [6.45, 7) is 0. The molecule has 2 aromatic carbocycles. The molecule has 0 spiro atoms. The summed E-state index contributed by atoms with van der Waals surface area (Å²) in [6, 6.07) is 16.1. The van der Waals surface area contributed by atoms with Gasteiger partial charge in [-0.3, -0.25) is 0 Å². The van der Waals surface area contributed by atoms with Crippen molar-refractivity contribution >= 4 is 18.2 Å². The molecule has 0 aliphatic heterocycles. The highest BCUT2D eigenvalue weighted by molar-refractivity contribution is 7.98. The van der Waals surface area contributed by atoms with Crippen LogP contribution in [-0.2, 0) is 0 Å². The zero-order chi connectivity index (χ0) is 11.2. The van der Waals surface area contributed by atoms with Gasteiger partial charge in [-0.1, -0.05) is 30.3 Å². The smallest absolute Gasteiger partial charge is 0.123 e. The number of rotatable bonds is 3. The Bertz CT molecular complexity index is 465. The topological polar surface area (TPSA) is 12.4 Å². The molecule has 0 aromatic heterocycles. The third-order valence-corrected chi connectivity index (χ3v) is 2.67. The second-order valence-corrected chi connectivity index (χ2v) is 4.06. The molecule has 1 nitrogen and oxygen atoms in total. The van der Waals surface area contributed by atoms with E-state index in [2.05, 4.69) is 4.40 Å². The Balaban J connectivity index is 1.98. The van der Waals surface area contributed by atoms with E-state index in [4.69, 9.17) is 0 Å². The van der Waals surface area contributed by atoms with Crippen molar-refractivity contribution in [2.24, 2.45) is 4.40 Å². The molecule has 2 rings (SSSR count). The van der Waals surface area contributed by atoms with Gasteiger partial charge in [0.05, 0.1) is 0 Å². The lowest BCUT2D eigenvalue weighted by atomic mass is 10.2. The maximum absolute atomic E-state index is 12.6. The molecule has 0 bridgehead atoms. The average Bonchev–Trinajstić information content (AvgIpc) is 2.33. The van der Waals surface area contributed by atoms with E-state index in [1.54, 1.807) is 18.3 Å². The monoisotopic (exact) mass is 231 g/mol. The Morgan fingerprint density at radius 2 is 1.62 bits per heavy atom. The highest BCUT2D eigenvalue weighted by atomic mass is 32.2. The molecule has 80 valence electrons. The molecule has 0 unspecified atom stereocenters. The van der Waals surface area contributed by atoms with E-state index < -0.39 is 0 Å². The first-order valence-electron chi connectivity index (χ1n) is 4.85. The maximum atomic E-state index is 12.6. The lowest BCUT2D eigenvalue weighted by Crippen LogP contribution is -1.80. The Kier molecular flexibility index (Phi) is 3.72. The minimum atomic E-state index is -0.229. The molecule has 0 aliphatic rings. The molecule has 0 saturated heterocycles. The third kappa shape index (κ3) is 3.21. The van der Waals surface area contributed by atoms with Gasteiger partial charge in [0.1, 0.15) is 5.82 Å². The fraction of sp³-hybridized carbons (Fsp3) is 0. The molecule has 2 aromatic rings. The van der Waals surface area contributed by atoms with Crippen molar-refractivity contribution in [1.82, 2.24) is 0 Å². The Morgan fingerprint density at radius 1 is 0.938 bits per heavy atom. The molecule has 0 radical (unpaired) electrons. The molecule has 0 atom stereocenters. The summed E-state index contributed by atoms with van der Waals surface area (Å²) in [5.41, 5.74) is 0.893. The molecule has 16 heavy (non-hydrogen) atoms. The van der Waals surface area contributed by atoms with Crippen molar-refractivity contribution < 1.29 is 4.39 Å². The van der Waals surface area contributed by atoms with Crippen LogP contribution in [0.1, 0.15) is 5.56 Å². The van der Waals surface area contributed by atoms with Crippen molar-refractivity contribution in [3.05, 3.63) is 66.0 Å². The van der Waals surface area contributed by atoms with E-state index in [0.717, 1.165) is 10.5 Å². The van der Waals surface area contributed by atoms with Crippen LogP contribution in [0.15, 0.2) is 63.9 Å². The van der Waals surface area contributed by atoms with Gasteiger partial charge in [-0.25, -0.2) is 8.79 Å². The first-order valence-corrected chi connectivity index (χ1v) is 5.63. The largest absolute Gasteiger partial charge is 0.219 e. The molecule has 3 heteroatoms. The van der Waals surface area contributed by atoms with Gasteiger partial charge in [0.25, 0.3) is 0 Å². The summed E-state index contributed by atoms with van der Waals surface area (Å²) >= 11 is 1.40. The van der Waals surface area contributed by atoms with Crippen molar-refractivity contribution in [1.29, 1.82) is 0 Å². The Morgan fingerprint density at radius 3 is 2.31 bits per heavy atom. The van der Waals surface area contributed by atoms with Crippen LogP contribution in [0.25, 0.3) is 0 Å². The van der Waals surface area contributed by atoms with E-state index in [1.165, 1.54) is 24.1 Å². The summed E-state index contributed by atoms with van der Waals surface area (Å²) in [5, 5.41) is 0. The summed E-state index contributed by atoms with van der Waals surface area (Å²) in [7, 11) is 0. The van der Waals surface area contributed by atoms with Crippen molar-refractivity contribution in [3.8, 4) is 0 Å². The fourth-order valence-corrected chi connectivity index (χ4v) is 1.75. The first-order chi connectivity index (χ1) is 7.84. The van der Waals surface area contributed by atoms with Crippen LogP contribution in [-0.4, -0.2) is 6.21 Å². The standard InChI is InChI=1S/C13H10FNS/c14-12-8-6-11(7-9-12)10-15-16-13-4-2-1-3-5-13/h1-10H/b15-10+. The van der Waals surface area contributed by atoms with Gasteiger partial charge in [-0.15, -0.1) is 0 Å². The van der Waals surface area contributed by atoms with E-state index in [-0.39, 0.29) is 5.82 Å². The van der Waals surface area contributed by atoms with E-state index >= 15 is 0 Å². The maximum Gasteiger partial charge on any atom is 0.123 e. The summed E-state index contributed by atoms with van der Waals surface area (Å²) in [5.74, 6) is -0.229. The van der Waals surface area contributed by atoms with Crippen molar-refractivity contribution in [3.63, 3.8) is 0 Å². The van der Waals surface area contributed by atoms with E-state index in [1.807, 2.05) is 30.3 Å². The van der Waals surface area contributed by atoms with Crippen LogP contribution in [0.3, 0.4) is 0 Å². The molecule has 0 amide bonds. The van der Waals surface area contributed by atoms with Gasteiger partial charge in [-0.05, 0) is 29.8 Å². The van der Waals surface area contributed by atoms with Crippen LogP contribution in [0, 0.1) is 5.82 Å². The quantitative estimate of drug-likeness (QED) is 0.575. The number of hydrogen-bond acceptors (Lipinski definition) is 2. The van der Waals surface area contributed by atoms with Crippen LogP contribution < -0.4 is 0 Å². The Hall–Kier alpha value is -1.61. The lowest BCUT2D eigenvalue weighted by Gasteiger charge is -1.94. The molecule has 0 saturated carbocycles. The van der Waals surface area contributed by atoms with Gasteiger partial charge in [0, 0.05) is 23.1 Å². The highest BCUT2D eigenvalue weighted by Gasteiger charge is 1.91. The number of hydrogen-bond donors (Lipinski definition) is 0.